The number of allylic oxidation sites excluding steroid dienone is 1. The lowest BCUT2D eigenvalue weighted by Crippen LogP contribution is -2.31. The second-order valence-electron chi connectivity index (χ2n) is 3.91. The molecule has 2 rings (SSSR count). The van der Waals surface area contributed by atoms with Crippen molar-refractivity contribution in [3.8, 4) is 0 Å². The van der Waals surface area contributed by atoms with Gasteiger partial charge in [-0.25, -0.2) is 0 Å². The van der Waals surface area contributed by atoms with Gasteiger partial charge in [0.15, 0.2) is 0 Å². The summed E-state index contributed by atoms with van der Waals surface area (Å²) in [6, 6.07) is 0. The monoisotopic (exact) mass is 242 g/mol. The van der Waals surface area contributed by atoms with E-state index in [2.05, 4.69) is 9.97 Å². The average molecular weight is 243 g/mol. The van der Waals surface area contributed by atoms with Crippen molar-refractivity contribution < 1.29 is 0 Å². The second-order valence-corrected chi connectivity index (χ2v) is 3.91. The zero-order valence-corrected chi connectivity index (χ0v) is 10.3. The fourth-order valence-corrected chi connectivity index (χ4v) is 1.86. The third-order valence-electron chi connectivity index (χ3n) is 2.77. The number of halogens is 1. The van der Waals surface area contributed by atoms with Crippen LogP contribution in [0.5, 0.6) is 0 Å². The topological polar surface area (TPSA) is 75.0 Å². The third-order valence-corrected chi connectivity index (χ3v) is 2.77. The lowest BCUT2D eigenvalue weighted by Gasteiger charge is -2.27. The molecule has 88 valence electrons. The molecule has 0 amide bonds. The van der Waals surface area contributed by atoms with Gasteiger partial charge >= 0.3 is 0 Å². The highest BCUT2D eigenvalue weighted by molar-refractivity contribution is 5.85. The van der Waals surface area contributed by atoms with Crippen molar-refractivity contribution in [3.05, 3.63) is 21.5 Å². The highest BCUT2D eigenvalue weighted by Gasteiger charge is 2.22. The van der Waals surface area contributed by atoms with Crippen LogP contribution in [-0.4, -0.2) is 23.6 Å². The van der Waals surface area contributed by atoms with E-state index in [1.54, 1.807) is 0 Å². The standard InChI is InChI=1S/C10H14N4O.ClH/c1-5-4-14(3)8-7(6(5)2)9(15)13-10(11)12-8;/h4H2,1-3H3,(H3,11,12,13,15);1H. The van der Waals surface area contributed by atoms with Gasteiger partial charge in [-0.2, -0.15) is 4.98 Å². The van der Waals surface area contributed by atoms with Gasteiger partial charge in [-0.3, -0.25) is 9.78 Å². The van der Waals surface area contributed by atoms with Crippen molar-refractivity contribution >= 4 is 29.7 Å². The number of rotatable bonds is 0. The van der Waals surface area contributed by atoms with Gasteiger partial charge in [0.05, 0.1) is 5.56 Å². The van der Waals surface area contributed by atoms with E-state index in [4.69, 9.17) is 5.73 Å². The molecule has 1 aliphatic heterocycles. The van der Waals surface area contributed by atoms with Gasteiger partial charge in [-0.05, 0) is 19.4 Å². The Morgan fingerprint density at radius 2 is 2.06 bits per heavy atom. The second kappa shape index (κ2) is 4.17. The van der Waals surface area contributed by atoms with Crippen molar-refractivity contribution in [2.45, 2.75) is 13.8 Å². The van der Waals surface area contributed by atoms with Crippen molar-refractivity contribution in [2.75, 3.05) is 24.2 Å². The van der Waals surface area contributed by atoms with Gasteiger partial charge in [-0.1, -0.05) is 5.57 Å². The number of nitrogens with zero attached hydrogens (tertiary/aromatic N) is 2. The first-order chi connectivity index (χ1) is 7.00. The van der Waals surface area contributed by atoms with E-state index in [0.29, 0.717) is 11.4 Å². The van der Waals surface area contributed by atoms with Gasteiger partial charge in [0.25, 0.3) is 5.56 Å². The highest BCUT2D eigenvalue weighted by atomic mass is 35.5. The van der Waals surface area contributed by atoms with Crippen LogP contribution in [0.25, 0.3) is 5.57 Å². The minimum absolute atomic E-state index is 0. The summed E-state index contributed by atoms with van der Waals surface area (Å²) >= 11 is 0. The molecule has 0 atom stereocenters. The molecule has 0 aliphatic carbocycles. The first kappa shape index (κ1) is 12.6. The van der Waals surface area contributed by atoms with E-state index in [1.165, 1.54) is 5.57 Å². The summed E-state index contributed by atoms with van der Waals surface area (Å²) in [6.45, 7) is 4.74. The van der Waals surface area contributed by atoms with Crippen LogP contribution in [0.4, 0.5) is 11.8 Å². The number of nitrogens with one attached hydrogen (secondary N) is 1. The van der Waals surface area contributed by atoms with Crippen molar-refractivity contribution in [3.63, 3.8) is 0 Å². The lowest BCUT2D eigenvalue weighted by atomic mass is 10.00. The summed E-state index contributed by atoms with van der Waals surface area (Å²) in [6.07, 6.45) is 0. The molecule has 16 heavy (non-hydrogen) atoms. The molecule has 0 spiro atoms. The molecule has 0 saturated heterocycles. The first-order valence-corrected chi connectivity index (χ1v) is 4.78. The van der Waals surface area contributed by atoms with Crippen LogP contribution in [0, 0.1) is 0 Å². The number of hydrogen-bond donors (Lipinski definition) is 2. The first-order valence-electron chi connectivity index (χ1n) is 4.78. The molecule has 0 radical (unpaired) electrons. The van der Waals surface area contributed by atoms with Crippen LogP contribution < -0.4 is 16.2 Å². The Labute approximate surface area is 99.8 Å². The molecular weight excluding hydrogens is 228 g/mol. The minimum atomic E-state index is -0.166. The molecule has 2 heterocycles. The summed E-state index contributed by atoms with van der Waals surface area (Å²) in [5.41, 5.74) is 8.16. The largest absolute Gasteiger partial charge is 0.369 e. The van der Waals surface area contributed by atoms with E-state index in [0.717, 1.165) is 12.1 Å². The number of aromatic nitrogens is 2. The van der Waals surface area contributed by atoms with Crippen LogP contribution in [0.3, 0.4) is 0 Å². The third kappa shape index (κ3) is 1.78. The van der Waals surface area contributed by atoms with Crippen molar-refractivity contribution in [1.82, 2.24) is 9.97 Å². The quantitative estimate of drug-likeness (QED) is 0.712. The van der Waals surface area contributed by atoms with Crippen LogP contribution in [0.2, 0.25) is 0 Å². The fourth-order valence-electron chi connectivity index (χ4n) is 1.86. The number of likely N-dealkylation sites (N-methyl/N-ethyl adjacent to an activating group) is 1. The van der Waals surface area contributed by atoms with Crippen molar-refractivity contribution in [2.24, 2.45) is 0 Å². The predicted molar refractivity (Wildman–Crippen MR) is 68.1 cm³/mol. The lowest BCUT2D eigenvalue weighted by molar-refractivity contribution is 0.913. The number of nitrogen functional groups attached to an aromatic ring is 1. The molecule has 1 aliphatic rings. The minimum Gasteiger partial charge on any atom is -0.369 e. The molecule has 0 bridgehead atoms. The predicted octanol–water partition coefficient (Wildman–Crippen LogP) is 1.02. The molecule has 3 N–H and O–H groups in total. The van der Waals surface area contributed by atoms with Crippen LogP contribution in [0.15, 0.2) is 10.4 Å². The summed E-state index contributed by atoms with van der Waals surface area (Å²) in [5.74, 6) is 0.831. The van der Waals surface area contributed by atoms with E-state index in [1.807, 2.05) is 25.8 Å². The summed E-state index contributed by atoms with van der Waals surface area (Å²) in [7, 11) is 1.90. The molecule has 6 heteroatoms. The zero-order chi connectivity index (χ0) is 11.2. The van der Waals surface area contributed by atoms with E-state index in [-0.39, 0.29) is 23.9 Å². The maximum absolute atomic E-state index is 11.7. The zero-order valence-electron chi connectivity index (χ0n) is 9.50. The summed E-state index contributed by atoms with van der Waals surface area (Å²) in [5, 5.41) is 0. The Kier molecular flexibility index (Phi) is 3.28. The SMILES string of the molecule is CC1=C(C)c2c(nc(N)[nH]c2=O)N(C)C1.Cl. The number of aromatic amines is 1. The molecule has 1 aromatic rings. The summed E-state index contributed by atoms with van der Waals surface area (Å²) < 4.78 is 0. The summed E-state index contributed by atoms with van der Waals surface area (Å²) in [4.78, 5) is 20.4. The maximum atomic E-state index is 11.7. The Balaban J connectivity index is 0.00000128. The van der Waals surface area contributed by atoms with E-state index in [9.17, 15) is 4.79 Å². The Morgan fingerprint density at radius 1 is 1.44 bits per heavy atom. The van der Waals surface area contributed by atoms with Crippen LogP contribution in [-0.2, 0) is 0 Å². The van der Waals surface area contributed by atoms with Crippen LogP contribution >= 0.6 is 12.4 Å². The van der Waals surface area contributed by atoms with Gasteiger partial charge < -0.3 is 10.6 Å². The normalized spacial score (nSPS) is 14.6. The van der Waals surface area contributed by atoms with Gasteiger partial charge in [0.2, 0.25) is 5.95 Å². The molecule has 0 fully saturated rings. The van der Waals surface area contributed by atoms with Crippen LogP contribution in [0.1, 0.15) is 19.4 Å². The smallest absolute Gasteiger partial charge is 0.261 e. The van der Waals surface area contributed by atoms with Crippen molar-refractivity contribution in [1.29, 1.82) is 0 Å². The molecule has 0 unspecified atom stereocenters. The number of fused-ring (bicyclic) bond motifs is 1. The fraction of sp³-hybridized carbons (Fsp3) is 0.400. The number of anilines is 2. The molecule has 1 aromatic heterocycles. The highest BCUT2D eigenvalue weighted by Crippen LogP contribution is 2.29. The molecule has 0 saturated carbocycles. The molecular formula is C10H15ClN4O. The Morgan fingerprint density at radius 3 is 2.69 bits per heavy atom. The number of H-pyrrole nitrogens is 1. The number of hydrogen-bond acceptors (Lipinski definition) is 4. The van der Waals surface area contributed by atoms with E-state index >= 15 is 0 Å². The average Bonchev–Trinajstić information content (AvgIpc) is 2.13. The Bertz CT molecular complexity index is 506. The number of nitrogens with two attached hydrogens (primary N) is 1. The maximum Gasteiger partial charge on any atom is 0.261 e. The van der Waals surface area contributed by atoms with Gasteiger partial charge in [0.1, 0.15) is 5.82 Å². The molecule has 0 aromatic carbocycles. The molecule has 5 nitrogen and oxygen atoms in total. The van der Waals surface area contributed by atoms with Gasteiger partial charge in [-0.15, -0.1) is 12.4 Å². The van der Waals surface area contributed by atoms with Gasteiger partial charge in [0, 0.05) is 13.6 Å². The Hall–Kier alpha value is -1.49. The van der Waals surface area contributed by atoms with E-state index < -0.39 is 0 Å².